The Kier molecular flexibility index (Phi) is 10.6. The maximum absolute atomic E-state index is 12.7. The molecule has 0 unspecified atom stereocenters. The Morgan fingerprint density at radius 3 is 2.64 bits per heavy atom. The van der Waals surface area contributed by atoms with Gasteiger partial charge in [0.05, 0.1) is 12.1 Å². The molecule has 1 heterocycles. The SMILES string of the molecule is CCNC(=NCCc1ccccn1)NCCOc1cccc(C(F)(F)F)c1.I. The van der Waals surface area contributed by atoms with E-state index in [2.05, 4.69) is 20.6 Å². The molecule has 1 aromatic carbocycles. The molecule has 0 spiro atoms. The zero-order valence-electron chi connectivity index (χ0n) is 15.5. The molecule has 28 heavy (non-hydrogen) atoms. The van der Waals surface area contributed by atoms with Crippen molar-refractivity contribution in [3.63, 3.8) is 0 Å². The molecule has 0 aliphatic rings. The third-order valence-electron chi connectivity index (χ3n) is 3.53. The molecule has 0 aliphatic heterocycles. The zero-order valence-corrected chi connectivity index (χ0v) is 17.8. The van der Waals surface area contributed by atoms with Gasteiger partial charge in [0, 0.05) is 31.4 Å². The molecule has 2 N–H and O–H groups in total. The monoisotopic (exact) mass is 508 g/mol. The summed E-state index contributed by atoms with van der Waals surface area (Å²) in [5.74, 6) is 0.810. The molecule has 9 heteroatoms. The Labute approximate surface area is 179 Å². The number of aliphatic imine (C=N–C) groups is 1. The lowest BCUT2D eigenvalue weighted by atomic mass is 10.2. The molecule has 1 aromatic heterocycles. The molecule has 0 amide bonds. The number of aromatic nitrogens is 1. The average molecular weight is 508 g/mol. The van der Waals surface area contributed by atoms with Crippen molar-refractivity contribution < 1.29 is 17.9 Å². The molecule has 5 nitrogen and oxygen atoms in total. The van der Waals surface area contributed by atoms with Crippen LogP contribution in [0.5, 0.6) is 5.75 Å². The highest BCUT2D eigenvalue weighted by atomic mass is 127. The summed E-state index contributed by atoms with van der Waals surface area (Å²) in [6.45, 7) is 3.84. The highest BCUT2D eigenvalue weighted by Gasteiger charge is 2.30. The van der Waals surface area contributed by atoms with Gasteiger partial charge >= 0.3 is 6.18 Å². The van der Waals surface area contributed by atoms with Crippen LogP contribution in [0.25, 0.3) is 0 Å². The van der Waals surface area contributed by atoms with E-state index in [-0.39, 0.29) is 36.3 Å². The number of hydrogen-bond acceptors (Lipinski definition) is 3. The van der Waals surface area contributed by atoms with Crippen molar-refractivity contribution in [1.29, 1.82) is 0 Å². The maximum Gasteiger partial charge on any atom is 0.416 e. The van der Waals surface area contributed by atoms with Crippen molar-refractivity contribution in [2.75, 3.05) is 26.2 Å². The van der Waals surface area contributed by atoms with E-state index in [0.717, 1.165) is 24.2 Å². The smallest absolute Gasteiger partial charge is 0.416 e. The van der Waals surface area contributed by atoms with E-state index >= 15 is 0 Å². The van der Waals surface area contributed by atoms with Crippen LogP contribution in [0.15, 0.2) is 53.7 Å². The van der Waals surface area contributed by atoms with Gasteiger partial charge in [0.15, 0.2) is 5.96 Å². The molecule has 0 atom stereocenters. The van der Waals surface area contributed by atoms with Crippen molar-refractivity contribution in [2.45, 2.75) is 19.5 Å². The van der Waals surface area contributed by atoms with Gasteiger partial charge in [-0.3, -0.25) is 9.98 Å². The van der Waals surface area contributed by atoms with Crippen LogP contribution in [-0.2, 0) is 12.6 Å². The van der Waals surface area contributed by atoms with Crippen LogP contribution >= 0.6 is 24.0 Å². The Morgan fingerprint density at radius 2 is 1.96 bits per heavy atom. The van der Waals surface area contributed by atoms with Gasteiger partial charge in [0.25, 0.3) is 0 Å². The van der Waals surface area contributed by atoms with Crippen molar-refractivity contribution in [3.8, 4) is 5.75 Å². The third-order valence-corrected chi connectivity index (χ3v) is 3.53. The number of ether oxygens (including phenoxy) is 1. The molecule has 0 radical (unpaired) electrons. The summed E-state index contributed by atoms with van der Waals surface area (Å²) >= 11 is 0. The number of halogens is 4. The average Bonchev–Trinajstić information content (AvgIpc) is 2.65. The van der Waals surface area contributed by atoms with Crippen molar-refractivity contribution >= 4 is 29.9 Å². The van der Waals surface area contributed by atoms with Gasteiger partial charge in [0.1, 0.15) is 12.4 Å². The quantitative estimate of drug-likeness (QED) is 0.246. The summed E-state index contributed by atoms with van der Waals surface area (Å²) in [5.41, 5.74) is 0.238. The fourth-order valence-corrected chi connectivity index (χ4v) is 2.27. The standard InChI is InChI=1S/C19H23F3N4O.HI/c1-2-23-18(25-11-9-16-7-3-4-10-24-16)26-12-13-27-17-8-5-6-15(14-17)19(20,21)22;/h3-8,10,14H,2,9,11-13H2,1H3,(H2,23,25,26);1H. The molecule has 0 saturated carbocycles. The molecule has 0 saturated heterocycles. The lowest BCUT2D eigenvalue weighted by molar-refractivity contribution is -0.137. The van der Waals surface area contributed by atoms with E-state index in [0.29, 0.717) is 25.6 Å². The summed E-state index contributed by atoms with van der Waals surface area (Å²) in [7, 11) is 0. The number of nitrogens with one attached hydrogen (secondary N) is 2. The van der Waals surface area contributed by atoms with Crippen LogP contribution in [0.1, 0.15) is 18.2 Å². The second-order valence-electron chi connectivity index (χ2n) is 5.63. The molecule has 0 aliphatic carbocycles. The molecule has 2 aromatic rings. The minimum Gasteiger partial charge on any atom is -0.492 e. The summed E-state index contributed by atoms with van der Waals surface area (Å²) in [5, 5.41) is 6.20. The Hall–Kier alpha value is -2.04. The number of pyridine rings is 1. The first-order valence-electron chi connectivity index (χ1n) is 8.71. The number of rotatable bonds is 8. The topological polar surface area (TPSA) is 58.5 Å². The molecular formula is C19H24F3IN4O. The summed E-state index contributed by atoms with van der Waals surface area (Å²) in [4.78, 5) is 8.69. The highest BCUT2D eigenvalue weighted by molar-refractivity contribution is 14.0. The third kappa shape index (κ3) is 8.77. The molecule has 0 fully saturated rings. The number of nitrogens with zero attached hydrogens (tertiary/aromatic N) is 2. The van der Waals surface area contributed by atoms with Gasteiger partial charge in [-0.05, 0) is 37.3 Å². The van der Waals surface area contributed by atoms with Crippen molar-refractivity contribution in [3.05, 3.63) is 59.9 Å². The minimum atomic E-state index is -4.38. The zero-order chi connectivity index (χ0) is 19.5. The number of hydrogen-bond donors (Lipinski definition) is 2. The number of guanidine groups is 1. The van der Waals surface area contributed by atoms with Crippen LogP contribution in [0, 0.1) is 0 Å². The largest absolute Gasteiger partial charge is 0.492 e. The normalized spacial score (nSPS) is 11.5. The second-order valence-corrected chi connectivity index (χ2v) is 5.63. The summed E-state index contributed by atoms with van der Waals surface area (Å²) in [6, 6.07) is 10.6. The first-order valence-corrected chi connectivity index (χ1v) is 8.71. The van der Waals surface area contributed by atoms with Gasteiger partial charge in [-0.15, -0.1) is 24.0 Å². The Balaban J connectivity index is 0.00000392. The van der Waals surface area contributed by atoms with Gasteiger partial charge in [0.2, 0.25) is 0 Å². The fourth-order valence-electron chi connectivity index (χ4n) is 2.27. The molecule has 154 valence electrons. The van der Waals surface area contributed by atoms with E-state index in [9.17, 15) is 13.2 Å². The Morgan fingerprint density at radius 1 is 1.14 bits per heavy atom. The second kappa shape index (κ2) is 12.4. The van der Waals surface area contributed by atoms with Gasteiger partial charge in [-0.25, -0.2) is 0 Å². The van der Waals surface area contributed by atoms with Crippen LogP contribution in [0.4, 0.5) is 13.2 Å². The molecule has 2 rings (SSSR count). The summed E-state index contributed by atoms with van der Waals surface area (Å²) < 4.78 is 43.5. The first kappa shape index (κ1) is 24.0. The van der Waals surface area contributed by atoms with Crippen LogP contribution in [0.2, 0.25) is 0 Å². The predicted molar refractivity (Wildman–Crippen MR) is 114 cm³/mol. The predicted octanol–water partition coefficient (Wildman–Crippen LogP) is 3.90. The van der Waals surface area contributed by atoms with E-state index in [1.165, 1.54) is 12.1 Å². The number of alkyl halides is 3. The Bertz CT molecular complexity index is 727. The van der Waals surface area contributed by atoms with Crippen molar-refractivity contribution in [2.24, 2.45) is 4.99 Å². The van der Waals surface area contributed by atoms with E-state index in [1.54, 1.807) is 6.20 Å². The van der Waals surface area contributed by atoms with Gasteiger partial charge in [-0.2, -0.15) is 13.2 Å². The molecule has 0 bridgehead atoms. The van der Waals surface area contributed by atoms with E-state index in [1.807, 2.05) is 25.1 Å². The fraction of sp³-hybridized carbons (Fsp3) is 0.368. The lowest BCUT2D eigenvalue weighted by Gasteiger charge is -2.13. The van der Waals surface area contributed by atoms with E-state index < -0.39 is 11.7 Å². The number of benzene rings is 1. The minimum absolute atomic E-state index is 0. The van der Waals surface area contributed by atoms with E-state index in [4.69, 9.17) is 4.74 Å². The van der Waals surface area contributed by atoms with Crippen LogP contribution < -0.4 is 15.4 Å². The van der Waals surface area contributed by atoms with Crippen molar-refractivity contribution in [1.82, 2.24) is 15.6 Å². The molecular weight excluding hydrogens is 484 g/mol. The maximum atomic E-state index is 12.7. The van der Waals surface area contributed by atoms with Gasteiger partial charge < -0.3 is 15.4 Å². The van der Waals surface area contributed by atoms with Crippen LogP contribution in [-0.4, -0.2) is 37.2 Å². The van der Waals surface area contributed by atoms with Gasteiger partial charge in [-0.1, -0.05) is 12.1 Å². The lowest BCUT2D eigenvalue weighted by Crippen LogP contribution is -2.39. The first-order chi connectivity index (χ1) is 13.0. The highest BCUT2D eigenvalue weighted by Crippen LogP contribution is 2.31. The van der Waals surface area contributed by atoms with Crippen LogP contribution in [0.3, 0.4) is 0 Å². The summed E-state index contributed by atoms with van der Waals surface area (Å²) in [6.07, 6.45) is -1.91.